The normalized spacial score (nSPS) is 14.2. The third-order valence-electron chi connectivity index (χ3n) is 5.40. The largest absolute Gasteiger partial charge is 0.378 e. The van der Waals surface area contributed by atoms with Gasteiger partial charge in [0.15, 0.2) is 11.5 Å². The molecule has 5 heterocycles. The highest BCUT2D eigenvalue weighted by Gasteiger charge is 2.20. The minimum atomic E-state index is 0.623. The summed E-state index contributed by atoms with van der Waals surface area (Å²) in [7, 11) is 0. The summed E-state index contributed by atoms with van der Waals surface area (Å²) in [5.41, 5.74) is 4.39. The second-order valence-electron chi connectivity index (χ2n) is 7.42. The van der Waals surface area contributed by atoms with Gasteiger partial charge in [-0.25, -0.2) is 9.97 Å². The molecule has 6 rings (SSSR count). The van der Waals surface area contributed by atoms with E-state index in [2.05, 4.69) is 14.3 Å². The summed E-state index contributed by atoms with van der Waals surface area (Å²) in [4.78, 5) is 16.0. The molecule has 5 aromatic rings. The molecule has 0 radical (unpaired) electrons. The monoisotopic (exact) mass is 441 g/mol. The zero-order valence-corrected chi connectivity index (χ0v) is 17.9. The molecule has 158 valence electrons. The molecule has 0 amide bonds. The summed E-state index contributed by atoms with van der Waals surface area (Å²) >= 11 is 1.38. The van der Waals surface area contributed by atoms with Gasteiger partial charge in [-0.1, -0.05) is 30.3 Å². The highest BCUT2D eigenvalue weighted by molar-refractivity contribution is 7.09. The van der Waals surface area contributed by atoms with E-state index < -0.39 is 0 Å². The number of nitrogens with zero attached hydrogens (tertiary/aromatic N) is 7. The van der Waals surface area contributed by atoms with Crippen molar-refractivity contribution >= 4 is 23.0 Å². The van der Waals surface area contributed by atoms with E-state index in [4.69, 9.17) is 19.8 Å². The van der Waals surface area contributed by atoms with E-state index in [1.54, 1.807) is 12.4 Å². The number of hydrogen-bond donors (Lipinski definition) is 0. The molecule has 0 bridgehead atoms. The van der Waals surface area contributed by atoms with Crippen molar-refractivity contribution in [2.45, 2.75) is 0 Å². The Kier molecular flexibility index (Phi) is 4.82. The standard InChI is InChI=1S/C23H19N7OS/c1-2-4-17(5-3-1)23-26-22(28-32-23)19-15-21(29-10-12-31-13-11-29)30-20(25-19)14-18(27-30)16-6-8-24-9-7-16/h1-9,14-15H,10-13H2. The number of aromatic nitrogens is 6. The number of morpholine rings is 1. The molecular weight excluding hydrogens is 422 g/mol. The number of anilines is 1. The van der Waals surface area contributed by atoms with Crippen LogP contribution in [0.1, 0.15) is 0 Å². The molecule has 8 nitrogen and oxygen atoms in total. The first-order valence-electron chi connectivity index (χ1n) is 10.4. The fourth-order valence-corrected chi connectivity index (χ4v) is 4.46. The molecule has 1 aliphatic rings. The van der Waals surface area contributed by atoms with E-state index in [0.717, 1.165) is 52.1 Å². The number of hydrogen-bond acceptors (Lipinski definition) is 8. The molecule has 4 aromatic heterocycles. The molecule has 0 atom stereocenters. The van der Waals surface area contributed by atoms with Gasteiger partial charge in [-0.15, -0.1) is 0 Å². The maximum Gasteiger partial charge on any atom is 0.192 e. The van der Waals surface area contributed by atoms with Crippen LogP contribution in [0.2, 0.25) is 0 Å². The van der Waals surface area contributed by atoms with Gasteiger partial charge in [-0.05, 0) is 23.7 Å². The Bertz CT molecular complexity index is 1360. The van der Waals surface area contributed by atoms with Gasteiger partial charge >= 0.3 is 0 Å². The predicted octanol–water partition coefficient (Wildman–Crippen LogP) is 3.81. The van der Waals surface area contributed by atoms with Crippen LogP contribution in [-0.4, -0.2) is 55.2 Å². The van der Waals surface area contributed by atoms with Crippen LogP contribution < -0.4 is 4.90 Å². The van der Waals surface area contributed by atoms with Gasteiger partial charge in [-0.2, -0.15) is 14.0 Å². The lowest BCUT2D eigenvalue weighted by Gasteiger charge is -2.29. The van der Waals surface area contributed by atoms with E-state index in [1.807, 2.05) is 59.1 Å². The first kappa shape index (κ1) is 19.0. The Balaban J connectivity index is 1.48. The second-order valence-corrected chi connectivity index (χ2v) is 8.18. The molecule has 0 saturated carbocycles. The summed E-state index contributed by atoms with van der Waals surface area (Å²) in [6, 6.07) is 18.0. The fourth-order valence-electron chi connectivity index (χ4n) is 3.78. The Morgan fingerprint density at radius 3 is 2.47 bits per heavy atom. The molecule has 9 heteroatoms. The summed E-state index contributed by atoms with van der Waals surface area (Å²) in [5.74, 6) is 1.59. The molecule has 1 aromatic carbocycles. The number of fused-ring (bicyclic) bond motifs is 1. The molecule has 0 N–H and O–H groups in total. The average Bonchev–Trinajstić information content (AvgIpc) is 3.53. The van der Waals surface area contributed by atoms with Gasteiger partial charge in [0.05, 0.1) is 18.9 Å². The summed E-state index contributed by atoms with van der Waals surface area (Å²) < 4.78 is 12.1. The van der Waals surface area contributed by atoms with Crippen molar-refractivity contribution in [2.75, 3.05) is 31.2 Å². The minimum absolute atomic E-state index is 0.623. The van der Waals surface area contributed by atoms with Crippen LogP contribution in [0.3, 0.4) is 0 Å². The topological polar surface area (TPSA) is 81.3 Å². The van der Waals surface area contributed by atoms with Crippen LogP contribution in [0.4, 0.5) is 5.82 Å². The van der Waals surface area contributed by atoms with Gasteiger partial charge < -0.3 is 9.64 Å². The SMILES string of the molecule is c1ccc(-c2nc(-c3cc(N4CCOCC4)n4nc(-c5ccncc5)cc4n3)ns2)cc1. The van der Waals surface area contributed by atoms with Gasteiger partial charge in [0.2, 0.25) is 0 Å². The van der Waals surface area contributed by atoms with E-state index in [-0.39, 0.29) is 0 Å². The summed E-state index contributed by atoms with van der Waals surface area (Å²) in [5, 5.41) is 5.73. The molecule has 32 heavy (non-hydrogen) atoms. The van der Waals surface area contributed by atoms with Crippen molar-refractivity contribution in [1.29, 1.82) is 0 Å². The maximum absolute atomic E-state index is 5.56. The van der Waals surface area contributed by atoms with E-state index >= 15 is 0 Å². The second kappa shape index (κ2) is 8.10. The van der Waals surface area contributed by atoms with Crippen molar-refractivity contribution in [3.8, 4) is 33.3 Å². The molecule has 1 aliphatic heterocycles. The predicted molar refractivity (Wildman–Crippen MR) is 124 cm³/mol. The quantitative estimate of drug-likeness (QED) is 0.419. The van der Waals surface area contributed by atoms with Crippen molar-refractivity contribution in [3.05, 3.63) is 67.0 Å². The van der Waals surface area contributed by atoms with Gasteiger partial charge in [0.1, 0.15) is 16.5 Å². The summed E-state index contributed by atoms with van der Waals surface area (Å²) in [6.45, 7) is 2.96. The van der Waals surface area contributed by atoms with Crippen LogP contribution in [-0.2, 0) is 4.74 Å². The van der Waals surface area contributed by atoms with Gasteiger partial charge in [-0.3, -0.25) is 4.98 Å². The van der Waals surface area contributed by atoms with Crippen molar-refractivity contribution in [2.24, 2.45) is 0 Å². The number of benzene rings is 1. The zero-order chi connectivity index (χ0) is 21.3. The number of ether oxygens (including phenoxy) is 1. The highest BCUT2D eigenvalue weighted by atomic mass is 32.1. The third-order valence-corrected chi connectivity index (χ3v) is 6.16. The third kappa shape index (κ3) is 3.51. The Labute approximate surface area is 188 Å². The highest BCUT2D eigenvalue weighted by Crippen LogP contribution is 2.29. The first-order chi connectivity index (χ1) is 15.8. The number of rotatable bonds is 4. The van der Waals surface area contributed by atoms with Crippen molar-refractivity contribution in [3.63, 3.8) is 0 Å². The lowest BCUT2D eigenvalue weighted by molar-refractivity contribution is 0.122. The average molecular weight is 442 g/mol. The molecule has 0 spiro atoms. The molecule has 0 unspecified atom stereocenters. The lowest BCUT2D eigenvalue weighted by atomic mass is 10.2. The number of pyridine rings is 1. The fraction of sp³-hybridized carbons (Fsp3) is 0.174. The Hall–Kier alpha value is -3.69. The smallest absolute Gasteiger partial charge is 0.192 e. The van der Waals surface area contributed by atoms with Crippen molar-refractivity contribution < 1.29 is 4.74 Å². The molecular formula is C23H19N7OS. The van der Waals surface area contributed by atoms with Crippen LogP contribution in [0, 0.1) is 0 Å². The summed E-state index contributed by atoms with van der Waals surface area (Å²) in [6.07, 6.45) is 3.54. The minimum Gasteiger partial charge on any atom is -0.378 e. The van der Waals surface area contributed by atoms with Crippen LogP contribution in [0.25, 0.3) is 39.0 Å². The maximum atomic E-state index is 5.56. The molecule has 1 fully saturated rings. The molecule has 0 aliphatic carbocycles. The van der Waals surface area contributed by atoms with E-state index in [0.29, 0.717) is 19.0 Å². The van der Waals surface area contributed by atoms with Crippen LogP contribution >= 0.6 is 11.5 Å². The van der Waals surface area contributed by atoms with E-state index in [9.17, 15) is 0 Å². The van der Waals surface area contributed by atoms with Crippen molar-refractivity contribution in [1.82, 2.24) is 28.9 Å². The zero-order valence-electron chi connectivity index (χ0n) is 17.1. The van der Waals surface area contributed by atoms with Crippen LogP contribution in [0.5, 0.6) is 0 Å². The van der Waals surface area contributed by atoms with Gasteiger partial charge in [0.25, 0.3) is 0 Å². The Morgan fingerprint density at radius 1 is 0.844 bits per heavy atom. The first-order valence-corrected chi connectivity index (χ1v) is 11.2. The van der Waals surface area contributed by atoms with Gasteiger partial charge in [0, 0.05) is 48.7 Å². The molecule has 1 saturated heterocycles. The lowest BCUT2D eigenvalue weighted by Crippen LogP contribution is -2.37. The Morgan fingerprint density at radius 2 is 1.66 bits per heavy atom. The van der Waals surface area contributed by atoms with E-state index in [1.165, 1.54) is 11.5 Å². The van der Waals surface area contributed by atoms with Crippen LogP contribution in [0.15, 0.2) is 67.0 Å².